The summed E-state index contributed by atoms with van der Waals surface area (Å²) >= 11 is 0. The number of nitrogens with two attached hydrogens (primary N) is 1. The molecule has 0 amide bonds. The average Bonchev–Trinajstić information content (AvgIpc) is 2.30. The van der Waals surface area contributed by atoms with E-state index in [2.05, 4.69) is 4.90 Å². The number of anilines is 1. The lowest BCUT2D eigenvalue weighted by molar-refractivity contribution is 0.122. The largest absolute Gasteiger partial charge is 0.378 e. The molecule has 1 aromatic carbocycles. The number of hydrogen-bond acceptors (Lipinski definition) is 3. The van der Waals surface area contributed by atoms with Crippen molar-refractivity contribution < 1.29 is 9.13 Å². The van der Waals surface area contributed by atoms with Crippen LogP contribution in [0.3, 0.4) is 0 Å². The van der Waals surface area contributed by atoms with Crippen molar-refractivity contribution in [3.05, 3.63) is 29.6 Å². The first-order chi connectivity index (χ1) is 7.33. The van der Waals surface area contributed by atoms with Gasteiger partial charge in [0.1, 0.15) is 5.82 Å². The second-order valence-corrected chi connectivity index (χ2v) is 3.54. The fourth-order valence-electron chi connectivity index (χ4n) is 1.85. The third-order valence-electron chi connectivity index (χ3n) is 2.65. The summed E-state index contributed by atoms with van der Waals surface area (Å²) in [5, 5.41) is 0. The molecule has 0 aromatic heterocycles. The van der Waals surface area contributed by atoms with Gasteiger partial charge in [-0.05, 0) is 12.1 Å². The highest BCUT2D eigenvalue weighted by molar-refractivity contribution is 5.54. The zero-order chi connectivity index (χ0) is 10.7. The van der Waals surface area contributed by atoms with E-state index >= 15 is 0 Å². The number of halogens is 1. The van der Waals surface area contributed by atoms with E-state index in [1.807, 2.05) is 6.07 Å². The molecule has 15 heavy (non-hydrogen) atoms. The van der Waals surface area contributed by atoms with E-state index in [1.54, 1.807) is 6.07 Å². The second-order valence-electron chi connectivity index (χ2n) is 3.54. The van der Waals surface area contributed by atoms with Crippen molar-refractivity contribution in [3.63, 3.8) is 0 Å². The van der Waals surface area contributed by atoms with Crippen molar-refractivity contribution in [2.24, 2.45) is 5.73 Å². The van der Waals surface area contributed by atoms with Gasteiger partial charge < -0.3 is 15.4 Å². The van der Waals surface area contributed by atoms with Crippen LogP contribution in [-0.4, -0.2) is 26.3 Å². The van der Waals surface area contributed by atoms with E-state index in [0.717, 1.165) is 18.8 Å². The quantitative estimate of drug-likeness (QED) is 0.795. The molecule has 4 heteroatoms. The van der Waals surface area contributed by atoms with Gasteiger partial charge in [0.2, 0.25) is 0 Å². The van der Waals surface area contributed by atoms with E-state index in [-0.39, 0.29) is 12.4 Å². The van der Waals surface area contributed by atoms with Crippen LogP contribution in [0.25, 0.3) is 0 Å². The Morgan fingerprint density at radius 3 is 2.73 bits per heavy atom. The van der Waals surface area contributed by atoms with Crippen LogP contribution in [-0.2, 0) is 11.3 Å². The van der Waals surface area contributed by atoms with Gasteiger partial charge in [-0.25, -0.2) is 4.39 Å². The first kappa shape index (κ1) is 10.4. The predicted molar refractivity (Wildman–Crippen MR) is 57.3 cm³/mol. The molecule has 0 saturated carbocycles. The van der Waals surface area contributed by atoms with Crippen LogP contribution in [0.4, 0.5) is 10.1 Å². The molecular weight excluding hydrogens is 195 g/mol. The summed E-state index contributed by atoms with van der Waals surface area (Å²) < 4.78 is 18.7. The number of ether oxygens (including phenoxy) is 1. The molecule has 0 radical (unpaired) electrons. The van der Waals surface area contributed by atoms with E-state index < -0.39 is 0 Å². The van der Waals surface area contributed by atoms with E-state index in [4.69, 9.17) is 10.5 Å². The van der Waals surface area contributed by atoms with Crippen LogP contribution in [0.15, 0.2) is 18.2 Å². The minimum absolute atomic E-state index is 0.221. The Bertz CT molecular complexity index is 337. The van der Waals surface area contributed by atoms with Gasteiger partial charge in [-0.2, -0.15) is 0 Å². The van der Waals surface area contributed by atoms with Crippen LogP contribution >= 0.6 is 0 Å². The standard InChI is InChI=1S/C11H15FN2O/c12-10-2-1-3-11(9(10)8-13)14-4-6-15-7-5-14/h1-3H,4-8,13H2. The molecule has 1 heterocycles. The van der Waals surface area contributed by atoms with Gasteiger partial charge in [-0.1, -0.05) is 6.07 Å². The van der Waals surface area contributed by atoms with Crippen molar-refractivity contribution >= 4 is 5.69 Å². The molecule has 2 N–H and O–H groups in total. The summed E-state index contributed by atoms with van der Waals surface area (Å²) in [5.41, 5.74) is 7.06. The van der Waals surface area contributed by atoms with Crippen molar-refractivity contribution in [1.82, 2.24) is 0 Å². The highest BCUT2D eigenvalue weighted by Crippen LogP contribution is 2.23. The third-order valence-corrected chi connectivity index (χ3v) is 2.65. The summed E-state index contributed by atoms with van der Waals surface area (Å²) in [4.78, 5) is 2.12. The Kier molecular flexibility index (Phi) is 3.18. The van der Waals surface area contributed by atoms with Crippen LogP contribution in [0.2, 0.25) is 0 Å². The lowest BCUT2D eigenvalue weighted by Gasteiger charge is -2.30. The molecule has 1 aliphatic rings. The third kappa shape index (κ3) is 2.11. The molecule has 0 aliphatic carbocycles. The molecule has 1 aliphatic heterocycles. The Morgan fingerprint density at radius 2 is 2.07 bits per heavy atom. The predicted octanol–water partition coefficient (Wildman–Crippen LogP) is 1.12. The number of morpholine rings is 1. The van der Waals surface area contributed by atoms with Gasteiger partial charge in [0.25, 0.3) is 0 Å². The number of rotatable bonds is 2. The molecule has 1 aromatic rings. The van der Waals surface area contributed by atoms with Crippen molar-refractivity contribution in [1.29, 1.82) is 0 Å². The maximum atomic E-state index is 13.5. The maximum absolute atomic E-state index is 13.5. The summed E-state index contributed by atoms with van der Waals surface area (Å²) in [6, 6.07) is 5.09. The molecule has 1 saturated heterocycles. The zero-order valence-corrected chi connectivity index (χ0v) is 8.58. The van der Waals surface area contributed by atoms with E-state index in [1.165, 1.54) is 6.07 Å². The normalized spacial score (nSPS) is 16.8. The summed E-state index contributed by atoms with van der Waals surface area (Å²) in [5.74, 6) is -0.221. The van der Waals surface area contributed by atoms with Crippen molar-refractivity contribution in [2.75, 3.05) is 31.2 Å². The van der Waals surface area contributed by atoms with Crippen molar-refractivity contribution in [3.8, 4) is 0 Å². The van der Waals surface area contributed by atoms with Crippen molar-refractivity contribution in [2.45, 2.75) is 6.54 Å². The van der Waals surface area contributed by atoms with E-state index in [9.17, 15) is 4.39 Å². The molecule has 1 fully saturated rings. The molecule has 0 unspecified atom stereocenters. The first-order valence-electron chi connectivity index (χ1n) is 5.13. The fraction of sp³-hybridized carbons (Fsp3) is 0.455. The minimum atomic E-state index is -0.221. The lowest BCUT2D eigenvalue weighted by Crippen LogP contribution is -2.37. The highest BCUT2D eigenvalue weighted by Gasteiger charge is 2.15. The van der Waals surface area contributed by atoms with Crippen LogP contribution < -0.4 is 10.6 Å². The summed E-state index contributed by atoms with van der Waals surface area (Å²) in [7, 11) is 0. The molecule has 0 bridgehead atoms. The summed E-state index contributed by atoms with van der Waals surface area (Å²) in [6.45, 7) is 3.23. The topological polar surface area (TPSA) is 38.5 Å². The minimum Gasteiger partial charge on any atom is -0.378 e. The van der Waals surface area contributed by atoms with Gasteiger partial charge >= 0.3 is 0 Å². The number of nitrogens with zero attached hydrogens (tertiary/aromatic N) is 1. The zero-order valence-electron chi connectivity index (χ0n) is 8.58. The number of benzene rings is 1. The Hall–Kier alpha value is -1.13. The molecule has 2 rings (SSSR count). The van der Waals surface area contributed by atoms with Crippen LogP contribution in [0.5, 0.6) is 0 Å². The smallest absolute Gasteiger partial charge is 0.129 e. The van der Waals surface area contributed by atoms with Gasteiger partial charge in [0.15, 0.2) is 0 Å². The molecule has 0 atom stereocenters. The maximum Gasteiger partial charge on any atom is 0.129 e. The van der Waals surface area contributed by atoms with Gasteiger partial charge in [0, 0.05) is 30.9 Å². The average molecular weight is 210 g/mol. The Morgan fingerprint density at radius 1 is 1.33 bits per heavy atom. The monoisotopic (exact) mass is 210 g/mol. The fourth-order valence-corrected chi connectivity index (χ4v) is 1.85. The van der Waals surface area contributed by atoms with Gasteiger partial charge in [0.05, 0.1) is 13.2 Å². The molecular formula is C11H15FN2O. The molecule has 0 spiro atoms. The first-order valence-corrected chi connectivity index (χ1v) is 5.13. The van der Waals surface area contributed by atoms with Crippen LogP contribution in [0.1, 0.15) is 5.56 Å². The highest BCUT2D eigenvalue weighted by atomic mass is 19.1. The van der Waals surface area contributed by atoms with Crippen LogP contribution in [0, 0.1) is 5.82 Å². The van der Waals surface area contributed by atoms with Gasteiger partial charge in [-0.3, -0.25) is 0 Å². The lowest BCUT2D eigenvalue weighted by atomic mass is 10.1. The molecule has 3 nitrogen and oxygen atoms in total. The Balaban J connectivity index is 2.29. The Labute approximate surface area is 88.6 Å². The van der Waals surface area contributed by atoms with E-state index in [0.29, 0.717) is 18.8 Å². The number of hydrogen-bond donors (Lipinski definition) is 1. The van der Waals surface area contributed by atoms with Gasteiger partial charge in [-0.15, -0.1) is 0 Å². The second kappa shape index (κ2) is 4.59. The summed E-state index contributed by atoms with van der Waals surface area (Å²) in [6.07, 6.45) is 0. The SMILES string of the molecule is NCc1c(F)cccc1N1CCOCC1. The molecule has 82 valence electrons.